The molecule has 2 aromatic rings. The summed E-state index contributed by atoms with van der Waals surface area (Å²) in [6.45, 7) is 12.6. The Balaban J connectivity index is 1.95. The number of rotatable bonds is 9. The molecule has 182 valence electrons. The number of pyridine rings is 1. The van der Waals surface area contributed by atoms with E-state index < -0.39 is 21.4 Å². The van der Waals surface area contributed by atoms with Gasteiger partial charge < -0.3 is 14.8 Å². The zero-order chi connectivity index (χ0) is 24.2. The van der Waals surface area contributed by atoms with Crippen molar-refractivity contribution in [2.75, 3.05) is 39.3 Å². The summed E-state index contributed by atoms with van der Waals surface area (Å²) in [5.74, 6) is 0.0714. The normalized spacial score (nSPS) is 15.9. The molecule has 1 aromatic heterocycles. The monoisotopic (exact) mass is 476 g/mol. The predicted octanol–water partition coefficient (Wildman–Crippen LogP) is 2.51. The van der Waals surface area contributed by atoms with Gasteiger partial charge in [0.1, 0.15) is 5.56 Å². The molecule has 8 nitrogen and oxygen atoms in total. The molecule has 1 aromatic carbocycles. The summed E-state index contributed by atoms with van der Waals surface area (Å²) in [6, 6.07) is 4.66. The molecule has 1 N–H and O–H groups in total. The molecule has 0 saturated carbocycles. The van der Waals surface area contributed by atoms with E-state index in [9.17, 15) is 18.0 Å². The van der Waals surface area contributed by atoms with E-state index in [2.05, 4.69) is 31.0 Å². The standard InChI is InChI=1S/C24H36N4O4S/c1-5-26(6-2)15-12-25-24(30)21-17-27(7-3)22-9-8-19(16-20(22)23(21)29)33(31,32)28-13-10-18(4)11-14-28/h8-9,16-18H,5-7,10-15H2,1-4H3,(H,25,30). The van der Waals surface area contributed by atoms with Crippen molar-refractivity contribution in [3.8, 4) is 0 Å². The van der Waals surface area contributed by atoms with E-state index in [1.165, 1.54) is 10.4 Å². The van der Waals surface area contributed by atoms with E-state index in [1.54, 1.807) is 18.3 Å². The number of likely N-dealkylation sites (N-methyl/N-ethyl adjacent to an activating group) is 1. The fourth-order valence-electron chi connectivity index (χ4n) is 4.30. The topological polar surface area (TPSA) is 91.7 Å². The maximum absolute atomic E-state index is 13.3. The zero-order valence-corrected chi connectivity index (χ0v) is 21.0. The number of hydrogen-bond acceptors (Lipinski definition) is 5. The largest absolute Gasteiger partial charge is 0.351 e. The summed E-state index contributed by atoms with van der Waals surface area (Å²) in [5.41, 5.74) is 0.206. The van der Waals surface area contributed by atoms with Gasteiger partial charge in [-0.05, 0) is 57.0 Å². The van der Waals surface area contributed by atoms with Crippen molar-refractivity contribution in [2.45, 2.75) is 52.0 Å². The quantitative estimate of drug-likeness (QED) is 0.600. The Morgan fingerprint density at radius 2 is 1.82 bits per heavy atom. The van der Waals surface area contributed by atoms with Gasteiger partial charge in [-0.2, -0.15) is 4.31 Å². The van der Waals surface area contributed by atoms with Crippen LogP contribution in [0.15, 0.2) is 34.1 Å². The first kappa shape index (κ1) is 25.4. The molecule has 1 amide bonds. The smallest absolute Gasteiger partial charge is 0.256 e. The molecule has 2 heterocycles. The second-order valence-electron chi connectivity index (χ2n) is 8.71. The number of amides is 1. The van der Waals surface area contributed by atoms with Crippen LogP contribution in [0.5, 0.6) is 0 Å². The van der Waals surface area contributed by atoms with Crippen molar-refractivity contribution >= 4 is 26.8 Å². The van der Waals surface area contributed by atoms with Crippen LogP contribution in [0, 0.1) is 5.92 Å². The Hall–Kier alpha value is -2.23. The first-order valence-electron chi connectivity index (χ1n) is 11.9. The van der Waals surface area contributed by atoms with Crippen LogP contribution >= 0.6 is 0 Å². The van der Waals surface area contributed by atoms with Crippen molar-refractivity contribution < 1.29 is 13.2 Å². The molecule has 1 aliphatic heterocycles. The third-order valence-corrected chi connectivity index (χ3v) is 8.52. The van der Waals surface area contributed by atoms with Crippen molar-refractivity contribution in [1.82, 2.24) is 19.1 Å². The second kappa shape index (κ2) is 10.8. The van der Waals surface area contributed by atoms with Crippen LogP contribution in [0.3, 0.4) is 0 Å². The van der Waals surface area contributed by atoms with Gasteiger partial charge in [0.25, 0.3) is 5.91 Å². The summed E-state index contributed by atoms with van der Waals surface area (Å²) < 4.78 is 29.7. The molecule has 0 aliphatic carbocycles. The number of benzene rings is 1. The van der Waals surface area contributed by atoms with E-state index in [-0.39, 0.29) is 15.8 Å². The van der Waals surface area contributed by atoms with Gasteiger partial charge in [0.05, 0.1) is 10.4 Å². The van der Waals surface area contributed by atoms with Crippen molar-refractivity contribution in [3.63, 3.8) is 0 Å². The number of fused-ring (bicyclic) bond motifs is 1. The van der Waals surface area contributed by atoms with Gasteiger partial charge in [-0.3, -0.25) is 9.59 Å². The van der Waals surface area contributed by atoms with Gasteiger partial charge in [-0.15, -0.1) is 0 Å². The number of carbonyl (C=O) groups excluding carboxylic acids is 1. The number of nitrogens with zero attached hydrogens (tertiary/aromatic N) is 3. The Morgan fingerprint density at radius 3 is 2.42 bits per heavy atom. The van der Waals surface area contributed by atoms with Crippen LogP contribution in [-0.2, 0) is 16.6 Å². The Morgan fingerprint density at radius 1 is 1.15 bits per heavy atom. The first-order chi connectivity index (χ1) is 15.7. The highest BCUT2D eigenvalue weighted by Crippen LogP contribution is 2.25. The third-order valence-electron chi connectivity index (χ3n) is 6.63. The van der Waals surface area contributed by atoms with Crippen molar-refractivity contribution in [1.29, 1.82) is 0 Å². The molecule has 0 atom stereocenters. The highest BCUT2D eigenvalue weighted by Gasteiger charge is 2.28. The van der Waals surface area contributed by atoms with Gasteiger partial charge in [-0.25, -0.2) is 8.42 Å². The molecule has 0 spiro atoms. The van der Waals surface area contributed by atoms with Crippen LogP contribution in [0.1, 0.15) is 50.9 Å². The minimum atomic E-state index is -3.70. The summed E-state index contributed by atoms with van der Waals surface area (Å²) in [5, 5.41) is 3.08. The summed E-state index contributed by atoms with van der Waals surface area (Å²) >= 11 is 0. The van der Waals surface area contributed by atoms with Crippen molar-refractivity contribution in [3.05, 3.63) is 40.2 Å². The molecule has 0 bridgehead atoms. The van der Waals surface area contributed by atoms with Crippen molar-refractivity contribution in [2.24, 2.45) is 5.92 Å². The van der Waals surface area contributed by atoms with Gasteiger partial charge in [-0.1, -0.05) is 20.8 Å². The Bertz CT molecular complexity index is 1150. The number of piperidine rings is 1. The highest BCUT2D eigenvalue weighted by molar-refractivity contribution is 7.89. The van der Waals surface area contributed by atoms with E-state index in [0.29, 0.717) is 44.2 Å². The molecule has 9 heteroatoms. The minimum Gasteiger partial charge on any atom is -0.351 e. The summed E-state index contributed by atoms with van der Waals surface area (Å²) in [6.07, 6.45) is 3.22. The van der Waals surface area contributed by atoms with Crippen LogP contribution in [0.2, 0.25) is 0 Å². The first-order valence-corrected chi connectivity index (χ1v) is 13.3. The number of carbonyl (C=O) groups is 1. The fourth-order valence-corrected chi connectivity index (χ4v) is 5.79. The summed E-state index contributed by atoms with van der Waals surface area (Å²) in [7, 11) is -3.70. The van der Waals surface area contributed by atoms with E-state index in [0.717, 1.165) is 25.9 Å². The predicted molar refractivity (Wildman–Crippen MR) is 131 cm³/mol. The molecule has 0 unspecified atom stereocenters. The zero-order valence-electron chi connectivity index (χ0n) is 20.1. The number of aryl methyl sites for hydroxylation is 1. The van der Waals surface area contributed by atoms with Crippen LogP contribution < -0.4 is 10.7 Å². The van der Waals surface area contributed by atoms with Gasteiger partial charge >= 0.3 is 0 Å². The highest BCUT2D eigenvalue weighted by atomic mass is 32.2. The number of hydrogen-bond donors (Lipinski definition) is 1. The van der Waals surface area contributed by atoms with E-state index >= 15 is 0 Å². The number of sulfonamides is 1. The maximum atomic E-state index is 13.3. The number of aromatic nitrogens is 1. The van der Waals surface area contributed by atoms with E-state index in [4.69, 9.17) is 0 Å². The number of nitrogens with one attached hydrogen (secondary N) is 1. The molecule has 1 saturated heterocycles. The van der Waals surface area contributed by atoms with Crippen LogP contribution in [0.25, 0.3) is 10.9 Å². The molecule has 3 rings (SSSR count). The summed E-state index contributed by atoms with van der Waals surface area (Å²) in [4.78, 5) is 28.4. The molecule has 1 aliphatic rings. The molecular formula is C24H36N4O4S. The molecule has 1 fully saturated rings. The Labute approximate surface area is 196 Å². The Kier molecular flexibility index (Phi) is 8.31. The molecule has 0 radical (unpaired) electrons. The minimum absolute atomic E-state index is 0.0326. The van der Waals surface area contributed by atoms with E-state index in [1.807, 2.05) is 11.5 Å². The average Bonchev–Trinajstić information content (AvgIpc) is 2.82. The van der Waals surface area contributed by atoms with Crippen LogP contribution in [-0.4, -0.2) is 67.4 Å². The lowest BCUT2D eigenvalue weighted by Gasteiger charge is -2.29. The molecule has 33 heavy (non-hydrogen) atoms. The lowest BCUT2D eigenvalue weighted by molar-refractivity contribution is 0.0947. The van der Waals surface area contributed by atoms with Crippen LogP contribution in [0.4, 0.5) is 0 Å². The second-order valence-corrected chi connectivity index (χ2v) is 10.6. The molecular weight excluding hydrogens is 440 g/mol. The lowest BCUT2D eigenvalue weighted by atomic mass is 10.0. The average molecular weight is 477 g/mol. The van der Waals surface area contributed by atoms with Gasteiger partial charge in [0, 0.05) is 44.3 Å². The third kappa shape index (κ3) is 5.47. The van der Waals surface area contributed by atoms with Gasteiger partial charge in [0.2, 0.25) is 15.5 Å². The SMILES string of the molecule is CCN(CC)CCNC(=O)c1cn(CC)c2ccc(S(=O)(=O)N3CCC(C)CC3)cc2c1=O. The fraction of sp³-hybridized carbons (Fsp3) is 0.583. The van der Waals surface area contributed by atoms with Gasteiger partial charge in [0.15, 0.2) is 0 Å². The maximum Gasteiger partial charge on any atom is 0.256 e. The lowest BCUT2D eigenvalue weighted by Crippen LogP contribution is -2.38.